The summed E-state index contributed by atoms with van der Waals surface area (Å²) in [6, 6.07) is 0.376. The van der Waals surface area contributed by atoms with Crippen LogP contribution in [0.3, 0.4) is 0 Å². The minimum absolute atomic E-state index is 0.0277. The first-order valence-electron chi connectivity index (χ1n) is 4.56. The summed E-state index contributed by atoms with van der Waals surface area (Å²) in [5.74, 6) is 0.0277. The zero-order valence-electron chi connectivity index (χ0n) is 7.94. The second-order valence-corrected chi connectivity index (χ2v) is 3.73. The molecule has 1 atom stereocenters. The maximum absolute atomic E-state index is 11.3. The Kier molecular flexibility index (Phi) is 3.81. The lowest BCUT2D eigenvalue weighted by atomic mass is 10.1. The van der Waals surface area contributed by atoms with Crippen molar-refractivity contribution in [2.45, 2.75) is 19.4 Å². The van der Waals surface area contributed by atoms with Gasteiger partial charge in [-0.1, -0.05) is 26.3 Å². The van der Waals surface area contributed by atoms with Crippen LogP contribution in [0, 0.1) is 0 Å². The number of rotatable bonds is 2. The highest BCUT2D eigenvalue weighted by atomic mass is 32.1. The Morgan fingerprint density at radius 2 is 2.38 bits per heavy atom. The Labute approximate surface area is 84.9 Å². The minimum Gasteiger partial charge on any atom is -0.336 e. The Balaban J connectivity index is 2.54. The van der Waals surface area contributed by atoms with E-state index in [9.17, 15) is 4.79 Å². The normalized spacial score (nSPS) is 24.5. The van der Waals surface area contributed by atoms with Crippen LogP contribution in [0.25, 0.3) is 0 Å². The van der Waals surface area contributed by atoms with E-state index >= 15 is 0 Å². The van der Waals surface area contributed by atoms with Crippen molar-refractivity contribution in [1.82, 2.24) is 9.21 Å². The average Bonchev–Trinajstić information content (AvgIpc) is 2.17. The van der Waals surface area contributed by atoms with Gasteiger partial charge in [-0.15, -0.1) is 0 Å². The van der Waals surface area contributed by atoms with Crippen LogP contribution in [0.4, 0.5) is 0 Å². The van der Waals surface area contributed by atoms with Gasteiger partial charge < -0.3 is 4.90 Å². The topological polar surface area (TPSA) is 23.6 Å². The van der Waals surface area contributed by atoms with Crippen LogP contribution in [-0.4, -0.2) is 40.8 Å². The first-order chi connectivity index (χ1) is 6.19. The van der Waals surface area contributed by atoms with Crippen LogP contribution < -0.4 is 0 Å². The maximum Gasteiger partial charge on any atom is 0.246 e. The predicted molar refractivity (Wildman–Crippen MR) is 56.5 cm³/mol. The van der Waals surface area contributed by atoms with Crippen LogP contribution in [-0.2, 0) is 4.79 Å². The number of piperazine rings is 1. The van der Waals surface area contributed by atoms with E-state index in [-0.39, 0.29) is 5.91 Å². The summed E-state index contributed by atoms with van der Waals surface area (Å²) in [5.41, 5.74) is 0. The first kappa shape index (κ1) is 10.6. The molecule has 1 aliphatic rings. The summed E-state index contributed by atoms with van der Waals surface area (Å²) in [5, 5.41) is 0. The summed E-state index contributed by atoms with van der Waals surface area (Å²) in [7, 11) is 0. The van der Waals surface area contributed by atoms with Gasteiger partial charge in [0.2, 0.25) is 5.91 Å². The van der Waals surface area contributed by atoms with E-state index in [1.807, 2.05) is 9.21 Å². The zero-order chi connectivity index (χ0) is 9.84. The molecule has 1 heterocycles. The summed E-state index contributed by atoms with van der Waals surface area (Å²) in [4.78, 5) is 13.1. The molecule has 0 aromatic heterocycles. The quantitative estimate of drug-likeness (QED) is 0.530. The van der Waals surface area contributed by atoms with Crippen molar-refractivity contribution in [3.63, 3.8) is 0 Å². The van der Waals surface area contributed by atoms with Crippen molar-refractivity contribution < 1.29 is 4.79 Å². The van der Waals surface area contributed by atoms with Crippen molar-refractivity contribution in [3.8, 4) is 0 Å². The molecule has 0 N–H and O–H groups in total. The Bertz CT molecular complexity index is 208. The fourth-order valence-corrected chi connectivity index (χ4v) is 1.84. The van der Waals surface area contributed by atoms with Crippen molar-refractivity contribution in [2.75, 3.05) is 19.6 Å². The van der Waals surface area contributed by atoms with Crippen LogP contribution >= 0.6 is 12.8 Å². The van der Waals surface area contributed by atoms with Crippen LogP contribution in [0.2, 0.25) is 0 Å². The van der Waals surface area contributed by atoms with Gasteiger partial charge in [-0.25, -0.2) is 4.31 Å². The number of thiol groups is 1. The van der Waals surface area contributed by atoms with Crippen molar-refractivity contribution in [1.29, 1.82) is 0 Å². The molecular formula is C9H16N2OS. The molecule has 0 aromatic rings. The molecule has 1 amide bonds. The van der Waals surface area contributed by atoms with Crippen molar-refractivity contribution >= 4 is 18.7 Å². The molecule has 1 fully saturated rings. The smallest absolute Gasteiger partial charge is 0.246 e. The highest BCUT2D eigenvalue weighted by Gasteiger charge is 2.25. The van der Waals surface area contributed by atoms with Gasteiger partial charge in [-0.05, 0) is 12.5 Å². The number of carbonyl (C=O) groups excluding carboxylic acids is 1. The van der Waals surface area contributed by atoms with Gasteiger partial charge in [0, 0.05) is 25.7 Å². The van der Waals surface area contributed by atoms with Gasteiger partial charge >= 0.3 is 0 Å². The molecule has 0 spiro atoms. The number of amides is 1. The summed E-state index contributed by atoms with van der Waals surface area (Å²) >= 11 is 4.34. The van der Waals surface area contributed by atoms with E-state index in [1.54, 1.807) is 0 Å². The van der Waals surface area contributed by atoms with E-state index in [0.717, 1.165) is 26.1 Å². The van der Waals surface area contributed by atoms with Crippen LogP contribution in [0.1, 0.15) is 13.3 Å². The largest absolute Gasteiger partial charge is 0.336 e. The Morgan fingerprint density at radius 1 is 1.69 bits per heavy atom. The molecule has 3 nitrogen and oxygen atoms in total. The molecule has 1 rings (SSSR count). The fourth-order valence-electron chi connectivity index (χ4n) is 1.51. The molecule has 13 heavy (non-hydrogen) atoms. The molecule has 4 heteroatoms. The van der Waals surface area contributed by atoms with Crippen molar-refractivity contribution in [3.05, 3.63) is 12.7 Å². The second kappa shape index (κ2) is 4.67. The van der Waals surface area contributed by atoms with Gasteiger partial charge in [0.05, 0.1) is 0 Å². The molecule has 74 valence electrons. The highest BCUT2D eigenvalue weighted by molar-refractivity contribution is 7.77. The molecule has 0 aromatic carbocycles. The van der Waals surface area contributed by atoms with E-state index in [0.29, 0.717) is 6.04 Å². The third-order valence-electron chi connectivity index (χ3n) is 2.41. The second-order valence-electron chi connectivity index (χ2n) is 3.21. The third-order valence-corrected chi connectivity index (χ3v) is 2.94. The van der Waals surface area contributed by atoms with E-state index in [2.05, 4.69) is 26.3 Å². The van der Waals surface area contributed by atoms with E-state index in [4.69, 9.17) is 0 Å². The zero-order valence-corrected chi connectivity index (χ0v) is 8.83. The number of nitrogens with zero attached hydrogens (tertiary/aromatic N) is 2. The molecular weight excluding hydrogens is 184 g/mol. The van der Waals surface area contributed by atoms with Gasteiger partial charge in [0.15, 0.2) is 0 Å². The van der Waals surface area contributed by atoms with E-state index < -0.39 is 0 Å². The molecule has 0 radical (unpaired) electrons. The SMILES string of the molecule is C=CC(=O)N1CCN(S)C(CC)C1. The average molecular weight is 200 g/mol. The number of carbonyl (C=O) groups is 1. The van der Waals surface area contributed by atoms with Crippen molar-refractivity contribution in [2.24, 2.45) is 0 Å². The third kappa shape index (κ3) is 2.48. The number of hydrogen-bond donors (Lipinski definition) is 1. The molecule has 1 aliphatic heterocycles. The summed E-state index contributed by atoms with van der Waals surface area (Å²) in [6.45, 7) is 7.95. The lowest BCUT2D eigenvalue weighted by molar-refractivity contribution is -0.127. The molecule has 1 saturated heterocycles. The van der Waals surface area contributed by atoms with Gasteiger partial charge in [0.1, 0.15) is 0 Å². The predicted octanol–water partition coefficient (Wildman–Crippen LogP) is 0.940. The molecule has 0 saturated carbocycles. The fraction of sp³-hybridized carbons (Fsp3) is 0.667. The van der Waals surface area contributed by atoms with Crippen LogP contribution in [0.5, 0.6) is 0 Å². The molecule has 1 unspecified atom stereocenters. The maximum atomic E-state index is 11.3. The summed E-state index contributed by atoms with van der Waals surface area (Å²) < 4.78 is 2.01. The minimum atomic E-state index is 0.0277. The lowest BCUT2D eigenvalue weighted by Crippen LogP contribution is -2.50. The first-order valence-corrected chi connectivity index (χ1v) is 4.96. The molecule has 0 aliphatic carbocycles. The van der Waals surface area contributed by atoms with Crippen LogP contribution in [0.15, 0.2) is 12.7 Å². The highest BCUT2D eigenvalue weighted by Crippen LogP contribution is 2.14. The summed E-state index contributed by atoms with van der Waals surface area (Å²) in [6.07, 6.45) is 2.39. The Morgan fingerprint density at radius 3 is 2.92 bits per heavy atom. The monoisotopic (exact) mass is 200 g/mol. The number of hydrogen-bond acceptors (Lipinski definition) is 3. The standard InChI is InChI=1S/C9H16N2OS/c1-3-8-7-10(9(12)4-2)5-6-11(8)13/h4,8,13H,2-3,5-7H2,1H3. The van der Waals surface area contributed by atoms with Gasteiger partial charge in [-0.2, -0.15) is 0 Å². The van der Waals surface area contributed by atoms with Gasteiger partial charge in [0.25, 0.3) is 0 Å². The molecule has 0 bridgehead atoms. The lowest BCUT2D eigenvalue weighted by Gasteiger charge is -2.37. The van der Waals surface area contributed by atoms with E-state index in [1.165, 1.54) is 6.08 Å². The van der Waals surface area contributed by atoms with Gasteiger partial charge in [-0.3, -0.25) is 4.79 Å². The Hall–Kier alpha value is -0.480.